The normalized spacial score (nSPS) is 18.9. The van der Waals surface area contributed by atoms with Crippen LogP contribution in [0.4, 0.5) is 10.5 Å². The highest BCUT2D eigenvalue weighted by molar-refractivity contribution is 6.07. The van der Waals surface area contributed by atoms with E-state index in [0.717, 1.165) is 16.0 Å². The molecular weight excluding hydrogens is 362 g/mol. The molecule has 1 N–H and O–H groups in total. The van der Waals surface area contributed by atoms with Gasteiger partial charge in [-0.1, -0.05) is 6.07 Å². The second-order valence-electron chi connectivity index (χ2n) is 6.99. The van der Waals surface area contributed by atoms with E-state index in [1.54, 1.807) is 6.92 Å². The van der Waals surface area contributed by atoms with Gasteiger partial charge in [-0.05, 0) is 61.7 Å². The van der Waals surface area contributed by atoms with Crippen LogP contribution in [0, 0.1) is 24.0 Å². The van der Waals surface area contributed by atoms with Crippen molar-refractivity contribution in [3.8, 4) is 5.75 Å². The van der Waals surface area contributed by atoms with E-state index in [1.165, 1.54) is 24.3 Å². The van der Waals surface area contributed by atoms with E-state index in [4.69, 9.17) is 4.74 Å². The summed E-state index contributed by atoms with van der Waals surface area (Å²) in [5, 5.41) is 13.5. The van der Waals surface area contributed by atoms with Gasteiger partial charge >= 0.3 is 6.03 Å². The predicted molar refractivity (Wildman–Crippen MR) is 102 cm³/mol. The van der Waals surface area contributed by atoms with Crippen LogP contribution >= 0.6 is 0 Å². The van der Waals surface area contributed by atoms with Crippen LogP contribution in [0.5, 0.6) is 5.75 Å². The van der Waals surface area contributed by atoms with Crippen molar-refractivity contribution in [3.63, 3.8) is 0 Å². The van der Waals surface area contributed by atoms with E-state index in [2.05, 4.69) is 5.32 Å². The molecule has 2 aromatic rings. The summed E-state index contributed by atoms with van der Waals surface area (Å²) in [5.41, 5.74) is 1.26. The Labute approximate surface area is 162 Å². The number of hydrogen-bond acceptors (Lipinski definition) is 5. The fourth-order valence-corrected chi connectivity index (χ4v) is 3.28. The summed E-state index contributed by atoms with van der Waals surface area (Å²) in [6.07, 6.45) is 0. The largest absolute Gasteiger partial charge is 0.492 e. The SMILES string of the molecule is Cc1cc(C)cc(OCCN2C(=O)NC(C)(c3ccc([N+](=O)[O-])cc3)C2=O)c1. The molecule has 1 atom stereocenters. The van der Waals surface area contributed by atoms with Gasteiger partial charge in [0.15, 0.2) is 0 Å². The van der Waals surface area contributed by atoms with E-state index >= 15 is 0 Å². The number of amides is 3. The number of nitro benzene ring substituents is 1. The van der Waals surface area contributed by atoms with Crippen molar-refractivity contribution in [1.82, 2.24) is 10.2 Å². The summed E-state index contributed by atoms with van der Waals surface area (Å²) in [7, 11) is 0. The van der Waals surface area contributed by atoms with Crippen LogP contribution in [0.25, 0.3) is 0 Å². The number of hydrogen-bond donors (Lipinski definition) is 1. The highest BCUT2D eigenvalue weighted by Gasteiger charge is 2.48. The maximum absolute atomic E-state index is 12.9. The lowest BCUT2D eigenvalue weighted by molar-refractivity contribution is -0.384. The highest BCUT2D eigenvalue weighted by atomic mass is 16.6. The Morgan fingerprint density at radius 3 is 2.29 bits per heavy atom. The molecule has 0 saturated carbocycles. The van der Waals surface area contributed by atoms with Gasteiger partial charge in [0.05, 0.1) is 11.5 Å². The van der Waals surface area contributed by atoms with Gasteiger partial charge in [0.25, 0.3) is 11.6 Å². The summed E-state index contributed by atoms with van der Waals surface area (Å²) in [6.45, 7) is 5.78. The first-order valence-electron chi connectivity index (χ1n) is 8.81. The summed E-state index contributed by atoms with van der Waals surface area (Å²) in [6, 6.07) is 10.9. The van der Waals surface area contributed by atoms with Crippen molar-refractivity contribution in [1.29, 1.82) is 0 Å². The fraction of sp³-hybridized carbons (Fsp3) is 0.300. The van der Waals surface area contributed by atoms with Crippen molar-refractivity contribution in [2.45, 2.75) is 26.3 Å². The van der Waals surface area contributed by atoms with Crippen LogP contribution in [-0.2, 0) is 10.3 Å². The third kappa shape index (κ3) is 3.66. The second-order valence-corrected chi connectivity index (χ2v) is 6.99. The first-order valence-corrected chi connectivity index (χ1v) is 8.81. The molecule has 28 heavy (non-hydrogen) atoms. The van der Waals surface area contributed by atoms with Crippen molar-refractivity contribution in [2.24, 2.45) is 0 Å². The van der Waals surface area contributed by atoms with Crippen LogP contribution in [0.1, 0.15) is 23.6 Å². The molecule has 8 heteroatoms. The number of nitrogens with zero attached hydrogens (tertiary/aromatic N) is 2. The van der Waals surface area contributed by atoms with Gasteiger partial charge in [0, 0.05) is 12.1 Å². The highest BCUT2D eigenvalue weighted by Crippen LogP contribution is 2.30. The molecular formula is C20H21N3O5. The third-order valence-electron chi connectivity index (χ3n) is 4.71. The lowest BCUT2D eigenvalue weighted by Crippen LogP contribution is -2.41. The number of ether oxygens (including phenoxy) is 1. The zero-order chi connectivity index (χ0) is 20.5. The molecule has 1 saturated heterocycles. The first-order chi connectivity index (χ1) is 13.2. The Hall–Kier alpha value is -3.42. The number of urea groups is 1. The summed E-state index contributed by atoms with van der Waals surface area (Å²) < 4.78 is 5.69. The quantitative estimate of drug-likeness (QED) is 0.469. The molecule has 1 unspecified atom stereocenters. The number of carbonyl (C=O) groups is 2. The van der Waals surface area contributed by atoms with Crippen molar-refractivity contribution >= 4 is 17.6 Å². The molecule has 0 aliphatic carbocycles. The summed E-state index contributed by atoms with van der Waals surface area (Å²) in [5.74, 6) is 0.262. The van der Waals surface area contributed by atoms with Crippen LogP contribution in [0.15, 0.2) is 42.5 Å². The van der Waals surface area contributed by atoms with Gasteiger partial charge in [0.2, 0.25) is 0 Å². The molecule has 3 amide bonds. The minimum atomic E-state index is -1.27. The van der Waals surface area contributed by atoms with Crippen LogP contribution in [0.2, 0.25) is 0 Å². The van der Waals surface area contributed by atoms with E-state index in [-0.39, 0.29) is 18.8 Å². The molecule has 1 aliphatic rings. The average molecular weight is 383 g/mol. The monoisotopic (exact) mass is 383 g/mol. The van der Waals surface area contributed by atoms with Gasteiger partial charge < -0.3 is 10.1 Å². The van der Waals surface area contributed by atoms with Gasteiger partial charge in [-0.15, -0.1) is 0 Å². The number of imide groups is 1. The van der Waals surface area contributed by atoms with E-state index in [1.807, 2.05) is 32.0 Å². The van der Waals surface area contributed by atoms with Crippen molar-refractivity contribution < 1.29 is 19.2 Å². The zero-order valence-corrected chi connectivity index (χ0v) is 15.9. The van der Waals surface area contributed by atoms with Gasteiger partial charge in [-0.3, -0.25) is 19.8 Å². The van der Waals surface area contributed by atoms with Crippen LogP contribution < -0.4 is 10.1 Å². The molecule has 1 aliphatic heterocycles. The zero-order valence-electron chi connectivity index (χ0n) is 15.9. The minimum absolute atomic E-state index is 0.0807. The van der Waals surface area contributed by atoms with E-state index < -0.39 is 22.4 Å². The second kappa shape index (κ2) is 7.30. The Bertz CT molecular complexity index is 921. The first kappa shape index (κ1) is 19.3. The number of benzene rings is 2. The molecule has 0 spiro atoms. The molecule has 146 valence electrons. The Kier molecular flexibility index (Phi) is 5.04. The van der Waals surface area contributed by atoms with Crippen molar-refractivity contribution in [3.05, 3.63) is 69.3 Å². The van der Waals surface area contributed by atoms with Gasteiger partial charge in [-0.2, -0.15) is 0 Å². The van der Waals surface area contributed by atoms with Crippen LogP contribution in [-0.4, -0.2) is 34.9 Å². The average Bonchev–Trinajstić information content (AvgIpc) is 2.85. The number of aryl methyl sites for hydroxylation is 2. The maximum Gasteiger partial charge on any atom is 0.325 e. The molecule has 0 bridgehead atoms. The number of non-ortho nitro benzene ring substituents is 1. The Balaban J connectivity index is 1.69. The number of carbonyl (C=O) groups excluding carboxylic acids is 2. The predicted octanol–water partition coefficient (Wildman–Crippen LogP) is 3.06. The number of nitro groups is 1. The molecule has 1 fully saturated rings. The molecule has 0 radical (unpaired) electrons. The lowest BCUT2D eigenvalue weighted by atomic mass is 9.92. The summed E-state index contributed by atoms with van der Waals surface area (Å²) >= 11 is 0. The molecule has 8 nitrogen and oxygen atoms in total. The van der Waals surface area contributed by atoms with Crippen LogP contribution in [0.3, 0.4) is 0 Å². The van der Waals surface area contributed by atoms with E-state index in [9.17, 15) is 19.7 Å². The molecule has 0 aromatic heterocycles. The smallest absolute Gasteiger partial charge is 0.325 e. The van der Waals surface area contributed by atoms with E-state index in [0.29, 0.717) is 11.3 Å². The minimum Gasteiger partial charge on any atom is -0.492 e. The fourth-order valence-electron chi connectivity index (χ4n) is 3.28. The Morgan fingerprint density at radius 1 is 1.11 bits per heavy atom. The third-order valence-corrected chi connectivity index (χ3v) is 4.71. The van der Waals surface area contributed by atoms with Gasteiger partial charge in [0.1, 0.15) is 17.9 Å². The molecule has 1 heterocycles. The van der Waals surface area contributed by atoms with Crippen molar-refractivity contribution in [2.75, 3.05) is 13.2 Å². The Morgan fingerprint density at radius 2 is 1.71 bits per heavy atom. The summed E-state index contributed by atoms with van der Waals surface area (Å²) in [4.78, 5) is 36.6. The number of nitrogens with one attached hydrogen (secondary N) is 1. The standard InChI is InChI=1S/C20H21N3O5/c1-13-10-14(2)12-17(11-13)28-9-8-22-18(24)20(3,21-19(22)25)15-4-6-16(7-5-15)23(26)27/h4-7,10-12H,8-9H2,1-3H3,(H,21,25). The maximum atomic E-state index is 12.9. The van der Waals surface area contributed by atoms with Gasteiger partial charge in [-0.25, -0.2) is 4.79 Å². The molecule has 2 aromatic carbocycles. The topological polar surface area (TPSA) is 102 Å². The lowest BCUT2D eigenvalue weighted by Gasteiger charge is -2.22. The molecule has 3 rings (SSSR count). The number of rotatable bonds is 6.